The molecule has 0 bridgehead atoms. The molecule has 2 aromatic rings. The highest BCUT2D eigenvalue weighted by Gasteiger charge is 2.21. The highest BCUT2D eigenvalue weighted by molar-refractivity contribution is 7.89. The van der Waals surface area contributed by atoms with Crippen molar-refractivity contribution >= 4 is 21.6 Å². The summed E-state index contributed by atoms with van der Waals surface area (Å²) in [5.41, 5.74) is 0.761. The average molecular weight is 477 g/mol. The van der Waals surface area contributed by atoms with Crippen molar-refractivity contribution in [1.29, 1.82) is 0 Å². The van der Waals surface area contributed by atoms with Crippen LogP contribution in [0.1, 0.15) is 49.9 Å². The minimum Gasteiger partial charge on any atom is -0.490 e. The average Bonchev–Trinajstić information content (AvgIpc) is 3.35. The summed E-state index contributed by atoms with van der Waals surface area (Å²) in [6.07, 6.45) is 3.36. The molecule has 9 heteroatoms. The SMILES string of the molecule is CCCOc1ccc(NC(=O)c2cccc(S(=O)(=O)NCC3CCCO3)c2)cc1OCCC. The molecule has 33 heavy (non-hydrogen) atoms. The molecule has 2 aromatic carbocycles. The summed E-state index contributed by atoms with van der Waals surface area (Å²) in [4.78, 5) is 12.9. The fourth-order valence-corrected chi connectivity index (χ4v) is 4.45. The number of amides is 1. The summed E-state index contributed by atoms with van der Waals surface area (Å²) in [6, 6.07) is 11.1. The number of sulfonamides is 1. The zero-order valence-corrected chi connectivity index (χ0v) is 19.9. The van der Waals surface area contributed by atoms with E-state index in [1.54, 1.807) is 30.3 Å². The Morgan fingerprint density at radius 3 is 2.52 bits per heavy atom. The van der Waals surface area contributed by atoms with Gasteiger partial charge in [0.2, 0.25) is 10.0 Å². The molecular formula is C24H32N2O6S. The predicted octanol–water partition coefficient (Wildman–Crippen LogP) is 3.97. The number of rotatable bonds is 12. The van der Waals surface area contributed by atoms with Gasteiger partial charge in [0.15, 0.2) is 11.5 Å². The van der Waals surface area contributed by atoms with Crippen LogP contribution in [0, 0.1) is 0 Å². The van der Waals surface area contributed by atoms with Gasteiger partial charge < -0.3 is 19.5 Å². The Labute approximate surface area is 195 Å². The number of anilines is 1. The summed E-state index contributed by atoms with van der Waals surface area (Å²) < 4.78 is 44.8. The standard InChI is InChI=1S/C24H32N2O6S/c1-3-12-31-22-11-10-19(16-23(22)32-13-4-2)26-24(27)18-7-5-9-21(15-18)33(28,29)25-17-20-8-6-14-30-20/h5,7,9-11,15-16,20,25H,3-4,6,8,12-14,17H2,1-2H3,(H,26,27). The van der Waals surface area contributed by atoms with Crippen LogP contribution in [-0.4, -0.2) is 46.8 Å². The first-order valence-electron chi connectivity index (χ1n) is 11.3. The third-order valence-corrected chi connectivity index (χ3v) is 6.48. The van der Waals surface area contributed by atoms with Crippen molar-refractivity contribution < 1.29 is 27.4 Å². The molecule has 1 heterocycles. The number of hydrogen-bond donors (Lipinski definition) is 2. The molecule has 1 aliphatic rings. The summed E-state index contributed by atoms with van der Waals surface area (Å²) >= 11 is 0. The molecule has 1 saturated heterocycles. The van der Waals surface area contributed by atoms with Crippen LogP contribution in [0.4, 0.5) is 5.69 Å². The van der Waals surface area contributed by atoms with Gasteiger partial charge in [0, 0.05) is 30.5 Å². The van der Waals surface area contributed by atoms with Crippen molar-refractivity contribution in [3.8, 4) is 11.5 Å². The van der Waals surface area contributed by atoms with E-state index in [1.807, 2.05) is 13.8 Å². The lowest BCUT2D eigenvalue weighted by Gasteiger charge is -2.14. The normalized spacial score (nSPS) is 15.9. The van der Waals surface area contributed by atoms with Crippen LogP contribution in [-0.2, 0) is 14.8 Å². The maximum atomic E-state index is 12.8. The second-order valence-corrected chi connectivity index (χ2v) is 9.59. The predicted molar refractivity (Wildman–Crippen MR) is 127 cm³/mol. The smallest absolute Gasteiger partial charge is 0.255 e. The number of carbonyl (C=O) groups excluding carboxylic acids is 1. The fourth-order valence-electron chi connectivity index (χ4n) is 3.34. The van der Waals surface area contributed by atoms with Crippen LogP contribution in [0.25, 0.3) is 0 Å². The number of ether oxygens (including phenoxy) is 3. The van der Waals surface area contributed by atoms with E-state index in [9.17, 15) is 13.2 Å². The van der Waals surface area contributed by atoms with E-state index in [2.05, 4.69) is 10.0 Å². The lowest BCUT2D eigenvalue weighted by Crippen LogP contribution is -2.32. The van der Waals surface area contributed by atoms with Crippen molar-refractivity contribution in [2.45, 2.75) is 50.5 Å². The van der Waals surface area contributed by atoms with E-state index < -0.39 is 15.9 Å². The fraction of sp³-hybridized carbons (Fsp3) is 0.458. The van der Waals surface area contributed by atoms with Crippen molar-refractivity contribution in [3.63, 3.8) is 0 Å². The third kappa shape index (κ3) is 7.18. The maximum absolute atomic E-state index is 12.8. The lowest BCUT2D eigenvalue weighted by atomic mass is 10.2. The van der Waals surface area contributed by atoms with E-state index in [4.69, 9.17) is 14.2 Å². The molecule has 180 valence electrons. The van der Waals surface area contributed by atoms with Gasteiger partial charge in [-0.15, -0.1) is 0 Å². The third-order valence-electron chi connectivity index (χ3n) is 5.06. The molecule has 0 aromatic heterocycles. The first-order valence-corrected chi connectivity index (χ1v) is 12.8. The van der Waals surface area contributed by atoms with E-state index in [0.29, 0.717) is 37.0 Å². The van der Waals surface area contributed by atoms with Gasteiger partial charge in [-0.3, -0.25) is 4.79 Å². The summed E-state index contributed by atoms with van der Waals surface area (Å²) in [5.74, 6) is 0.751. The largest absolute Gasteiger partial charge is 0.490 e. The van der Waals surface area contributed by atoms with Gasteiger partial charge in [-0.1, -0.05) is 19.9 Å². The Bertz CT molecular complexity index is 1040. The van der Waals surface area contributed by atoms with Crippen molar-refractivity contribution in [3.05, 3.63) is 48.0 Å². The molecule has 1 unspecified atom stereocenters. The van der Waals surface area contributed by atoms with Gasteiger partial charge in [-0.05, 0) is 56.0 Å². The zero-order chi connectivity index (χ0) is 23.7. The topological polar surface area (TPSA) is 103 Å². The van der Waals surface area contributed by atoms with Gasteiger partial charge in [0.1, 0.15) is 0 Å². The molecule has 0 radical (unpaired) electrons. The second kappa shape index (κ2) is 12.0. The van der Waals surface area contributed by atoms with E-state index in [1.165, 1.54) is 12.1 Å². The van der Waals surface area contributed by atoms with Crippen LogP contribution in [0.5, 0.6) is 11.5 Å². The molecule has 0 spiro atoms. The van der Waals surface area contributed by atoms with E-state index in [0.717, 1.165) is 25.7 Å². The summed E-state index contributed by atoms with van der Waals surface area (Å²) in [5, 5.41) is 2.80. The Balaban J connectivity index is 1.70. The van der Waals surface area contributed by atoms with Crippen LogP contribution in [0.2, 0.25) is 0 Å². The zero-order valence-electron chi connectivity index (χ0n) is 19.1. The van der Waals surface area contributed by atoms with E-state index >= 15 is 0 Å². The molecule has 1 fully saturated rings. The minimum atomic E-state index is -3.75. The lowest BCUT2D eigenvalue weighted by molar-refractivity contribution is 0.102. The second-order valence-electron chi connectivity index (χ2n) is 7.83. The summed E-state index contributed by atoms with van der Waals surface area (Å²) in [6.45, 7) is 5.99. The molecule has 0 saturated carbocycles. The maximum Gasteiger partial charge on any atom is 0.255 e. The molecule has 3 rings (SSSR count). The molecule has 8 nitrogen and oxygen atoms in total. The van der Waals surface area contributed by atoms with Gasteiger partial charge in [0.25, 0.3) is 5.91 Å². The molecule has 2 N–H and O–H groups in total. The van der Waals surface area contributed by atoms with Crippen LogP contribution >= 0.6 is 0 Å². The number of carbonyl (C=O) groups is 1. The minimum absolute atomic E-state index is 0.0310. The quantitative estimate of drug-likeness (QED) is 0.480. The number of nitrogens with one attached hydrogen (secondary N) is 2. The summed E-state index contributed by atoms with van der Waals surface area (Å²) in [7, 11) is -3.75. The molecule has 0 aliphatic carbocycles. The first kappa shape index (κ1) is 25.0. The number of hydrogen-bond acceptors (Lipinski definition) is 6. The van der Waals surface area contributed by atoms with Gasteiger partial charge in [-0.2, -0.15) is 0 Å². The molecule has 1 aliphatic heterocycles. The van der Waals surface area contributed by atoms with Gasteiger partial charge in [-0.25, -0.2) is 13.1 Å². The Kier molecular flexibility index (Phi) is 9.11. The van der Waals surface area contributed by atoms with Crippen molar-refractivity contribution in [2.75, 3.05) is 31.7 Å². The first-order chi connectivity index (χ1) is 15.9. The monoisotopic (exact) mass is 476 g/mol. The Hall–Kier alpha value is -2.62. The van der Waals surface area contributed by atoms with Crippen molar-refractivity contribution in [1.82, 2.24) is 4.72 Å². The van der Waals surface area contributed by atoms with Crippen LogP contribution in [0.15, 0.2) is 47.4 Å². The Morgan fingerprint density at radius 2 is 1.82 bits per heavy atom. The molecule has 1 atom stereocenters. The van der Waals surface area contributed by atoms with Crippen LogP contribution < -0.4 is 19.5 Å². The highest BCUT2D eigenvalue weighted by Crippen LogP contribution is 2.31. The molecular weight excluding hydrogens is 444 g/mol. The Morgan fingerprint density at radius 1 is 1.06 bits per heavy atom. The van der Waals surface area contributed by atoms with Gasteiger partial charge >= 0.3 is 0 Å². The van der Waals surface area contributed by atoms with Gasteiger partial charge in [0.05, 0.1) is 24.2 Å². The number of benzene rings is 2. The van der Waals surface area contributed by atoms with E-state index in [-0.39, 0.29) is 23.1 Å². The van der Waals surface area contributed by atoms with Crippen molar-refractivity contribution in [2.24, 2.45) is 0 Å². The molecule has 1 amide bonds. The highest BCUT2D eigenvalue weighted by atomic mass is 32.2. The van der Waals surface area contributed by atoms with Crippen LogP contribution in [0.3, 0.4) is 0 Å².